The third-order valence-electron chi connectivity index (χ3n) is 0.860. The van der Waals surface area contributed by atoms with Crippen molar-refractivity contribution in [2.75, 3.05) is 0 Å². The zero-order valence-corrected chi connectivity index (χ0v) is 5.20. The van der Waals surface area contributed by atoms with E-state index >= 15 is 0 Å². The summed E-state index contributed by atoms with van der Waals surface area (Å²) in [5, 5.41) is 0. The highest BCUT2D eigenvalue weighted by Gasteiger charge is 1.88. The summed E-state index contributed by atoms with van der Waals surface area (Å²) in [5.74, 6) is 0. The number of rotatable bonds is 3. The average Bonchev–Trinajstić information content (AvgIpc) is 1.61. The van der Waals surface area contributed by atoms with Gasteiger partial charge in [-0.1, -0.05) is 12.2 Å². The van der Waals surface area contributed by atoms with Crippen LogP contribution in [0.3, 0.4) is 0 Å². The van der Waals surface area contributed by atoms with Crippen LogP contribution >= 0.6 is 0 Å². The Labute approximate surface area is 46.2 Å². The largest absolute Gasteiger partial charge is 0.1000 e. The van der Waals surface area contributed by atoms with Gasteiger partial charge in [0, 0.05) is 6.42 Å². The van der Waals surface area contributed by atoms with Gasteiger partial charge in [-0.25, -0.2) is 0 Å². The van der Waals surface area contributed by atoms with Crippen LogP contribution < -0.4 is 0 Å². The van der Waals surface area contributed by atoms with Gasteiger partial charge in [-0.15, -0.1) is 0 Å². The second-order valence-corrected chi connectivity index (χ2v) is 1.90. The van der Waals surface area contributed by atoms with Gasteiger partial charge in [0.1, 0.15) is 0 Å². The van der Waals surface area contributed by atoms with Crippen LogP contribution in [0.4, 0.5) is 0 Å². The minimum atomic E-state index is 1.15. The molecule has 0 spiro atoms. The Bertz CT molecular complexity index is 53.1. The van der Waals surface area contributed by atoms with E-state index in [0.29, 0.717) is 0 Å². The fraction of sp³-hybridized carbons (Fsp3) is 0.571. The maximum atomic E-state index is 3.77. The number of hydrogen-bond donors (Lipinski definition) is 0. The Hall–Kier alpha value is -0.390. The van der Waals surface area contributed by atoms with Crippen LogP contribution in [0.5, 0.6) is 0 Å². The monoisotopic (exact) mass is 97.1 g/mol. The summed E-state index contributed by atoms with van der Waals surface area (Å²) in [5.41, 5.74) is 1.28. The second-order valence-electron chi connectivity index (χ2n) is 1.90. The molecular weight excluding hydrogens is 84.1 g/mol. The van der Waals surface area contributed by atoms with Gasteiger partial charge in [0.05, 0.1) is 19.8 Å². The van der Waals surface area contributed by atoms with Crippen LogP contribution in [0.25, 0.3) is 0 Å². The molecule has 0 aromatic rings. The van der Waals surface area contributed by atoms with Crippen LogP contribution in [-0.2, 0) is 0 Å². The topological polar surface area (TPSA) is 0 Å². The lowest BCUT2D eigenvalue weighted by Crippen LogP contribution is -1.72. The van der Waals surface area contributed by atoms with Crippen LogP contribution in [-0.4, -0.2) is 0 Å². The van der Waals surface area contributed by atoms with Crippen LogP contribution in [0, 0.1) is 6.42 Å². The van der Waals surface area contributed by atoms with Crippen molar-refractivity contribution in [2.45, 2.75) is 26.7 Å². The molecule has 0 radical (unpaired) electrons. The molecule has 0 nitrogen and oxygen atoms in total. The van der Waals surface area contributed by atoms with Gasteiger partial charge < -0.3 is 0 Å². The second kappa shape index (κ2) is 3.79. The van der Waals surface area contributed by atoms with Crippen molar-refractivity contribution in [3.63, 3.8) is 0 Å². The minimum absolute atomic E-state index is 1.15. The number of unbranched alkanes of at least 4 members (excludes halogenated alkanes) is 1. The van der Waals surface area contributed by atoms with Gasteiger partial charge in [0.25, 0.3) is 0 Å². The Kier molecular flexibility index (Phi) is 3.58. The lowest BCUT2D eigenvalue weighted by molar-refractivity contribution is 0.924. The van der Waals surface area contributed by atoms with Crippen molar-refractivity contribution in [3.05, 3.63) is 18.6 Å². The predicted molar refractivity (Wildman–Crippen MR) is 34.0 cm³/mol. The molecule has 0 saturated heterocycles. The fourth-order valence-electron chi connectivity index (χ4n) is 0.391. The van der Waals surface area contributed by atoms with Crippen molar-refractivity contribution in [2.24, 2.45) is 0 Å². The molecule has 40 valence electrons. The summed E-state index contributed by atoms with van der Waals surface area (Å²) in [6.07, 6.45) is 4.49. The van der Waals surface area contributed by atoms with Crippen LogP contribution in [0.2, 0.25) is 0 Å². The average molecular weight is 97.2 g/mol. The maximum absolute atomic E-state index is 3.77. The number of allylic oxidation sites excluding steroid dienone is 1. The summed E-state index contributed by atoms with van der Waals surface area (Å²) in [4.78, 5) is 0. The standard InChI is InChI=1S/C7H13/c1-4-5-6-7(2)3/h4H,2,5-6H2,1,3H3/q+1. The quantitative estimate of drug-likeness (QED) is 0.375. The Balaban J connectivity index is 2.82. The normalized spacial score (nSPS) is 8.29. The zero-order valence-electron chi connectivity index (χ0n) is 5.20. The fourth-order valence-corrected chi connectivity index (χ4v) is 0.391. The van der Waals surface area contributed by atoms with Crippen molar-refractivity contribution in [1.29, 1.82) is 0 Å². The summed E-state index contributed by atoms with van der Waals surface area (Å²) in [7, 11) is 0. The predicted octanol–water partition coefficient (Wildman–Crippen LogP) is 2.57. The highest BCUT2D eigenvalue weighted by atomic mass is 13.9. The van der Waals surface area contributed by atoms with Crippen molar-refractivity contribution < 1.29 is 0 Å². The Morgan fingerprint density at radius 2 is 2.29 bits per heavy atom. The van der Waals surface area contributed by atoms with Gasteiger partial charge in [0.15, 0.2) is 0 Å². The highest BCUT2D eigenvalue weighted by Crippen LogP contribution is 2.00. The first-order valence-corrected chi connectivity index (χ1v) is 2.69. The molecule has 0 rings (SSSR count). The van der Waals surface area contributed by atoms with E-state index < -0.39 is 0 Å². The summed E-state index contributed by atoms with van der Waals surface area (Å²) >= 11 is 0. The van der Waals surface area contributed by atoms with E-state index in [9.17, 15) is 0 Å². The smallest absolute Gasteiger partial charge is 0.0909 e. The van der Waals surface area contributed by atoms with Gasteiger partial charge in [0.2, 0.25) is 0 Å². The molecule has 0 heterocycles. The molecule has 0 fully saturated rings. The van der Waals surface area contributed by atoms with Crippen molar-refractivity contribution in [3.8, 4) is 0 Å². The molecule has 0 bridgehead atoms. The summed E-state index contributed by atoms with van der Waals surface area (Å²) in [6.45, 7) is 7.90. The molecule has 7 heavy (non-hydrogen) atoms. The summed E-state index contributed by atoms with van der Waals surface area (Å²) in [6, 6.07) is 0. The third-order valence-corrected chi connectivity index (χ3v) is 0.860. The lowest BCUT2D eigenvalue weighted by atomic mass is 10.2. The first-order valence-electron chi connectivity index (χ1n) is 2.69. The van der Waals surface area contributed by atoms with E-state index in [1.54, 1.807) is 0 Å². The van der Waals surface area contributed by atoms with E-state index in [-0.39, 0.29) is 0 Å². The van der Waals surface area contributed by atoms with Crippen LogP contribution in [0.15, 0.2) is 12.2 Å². The molecule has 0 saturated carbocycles. The van der Waals surface area contributed by atoms with Crippen LogP contribution in [0.1, 0.15) is 26.7 Å². The van der Waals surface area contributed by atoms with E-state index in [4.69, 9.17) is 0 Å². The van der Waals surface area contributed by atoms with E-state index in [1.807, 2.05) is 0 Å². The first-order chi connectivity index (χ1) is 3.27. The first kappa shape index (κ1) is 6.61. The molecule has 0 aliphatic rings. The molecular formula is C7H13+. The van der Waals surface area contributed by atoms with Gasteiger partial charge in [-0.05, 0) is 6.92 Å². The molecule has 0 heteroatoms. The minimum Gasteiger partial charge on any atom is -0.1000 e. The number of hydrogen-bond acceptors (Lipinski definition) is 0. The summed E-state index contributed by atoms with van der Waals surface area (Å²) < 4.78 is 0. The molecule has 0 atom stereocenters. The lowest BCUT2D eigenvalue weighted by Gasteiger charge is -1.86. The SMILES string of the molecule is C=C(C)CC[CH+]C. The van der Waals surface area contributed by atoms with Crippen molar-refractivity contribution in [1.82, 2.24) is 0 Å². The molecule has 0 aliphatic heterocycles. The van der Waals surface area contributed by atoms with E-state index in [0.717, 1.165) is 6.42 Å². The van der Waals surface area contributed by atoms with Gasteiger partial charge >= 0.3 is 0 Å². The molecule has 0 unspecified atom stereocenters. The highest BCUT2D eigenvalue weighted by molar-refractivity contribution is 4.88. The molecule has 0 amide bonds. The van der Waals surface area contributed by atoms with E-state index in [1.165, 1.54) is 12.0 Å². The van der Waals surface area contributed by atoms with Gasteiger partial charge in [-0.3, -0.25) is 0 Å². The zero-order chi connectivity index (χ0) is 5.70. The van der Waals surface area contributed by atoms with Crippen molar-refractivity contribution >= 4 is 0 Å². The molecule has 0 aromatic heterocycles. The molecule has 0 N–H and O–H groups in total. The maximum Gasteiger partial charge on any atom is 0.0909 e. The third kappa shape index (κ3) is 5.61. The Morgan fingerprint density at radius 3 is 2.43 bits per heavy atom. The molecule has 0 aliphatic carbocycles. The van der Waals surface area contributed by atoms with Gasteiger partial charge in [-0.2, -0.15) is 0 Å². The Morgan fingerprint density at radius 1 is 1.71 bits per heavy atom. The molecule has 0 aromatic carbocycles. The van der Waals surface area contributed by atoms with E-state index in [2.05, 4.69) is 26.8 Å².